The predicted molar refractivity (Wildman–Crippen MR) is 82.8 cm³/mol. The summed E-state index contributed by atoms with van der Waals surface area (Å²) in [6.45, 7) is 0.853. The molecule has 3 N–H and O–H groups in total. The van der Waals surface area contributed by atoms with Gasteiger partial charge in [0.1, 0.15) is 12.4 Å². The van der Waals surface area contributed by atoms with Gasteiger partial charge in [0.15, 0.2) is 0 Å². The van der Waals surface area contributed by atoms with E-state index in [9.17, 15) is 4.79 Å². The fourth-order valence-electron chi connectivity index (χ4n) is 1.60. The van der Waals surface area contributed by atoms with Crippen molar-refractivity contribution < 1.29 is 9.53 Å². The number of hydrogen-bond acceptors (Lipinski definition) is 3. The van der Waals surface area contributed by atoms with Crippen molar-refractivity contribution in [2.75, 3.05) is 18.9 Å². The van der Waals surface area contributed by atoms with Gasteiger partial charge < -0.3 is 15.8 Å². The maximum absolute atomic E-state index is 11.8. The lowest BCUT2D eigenvalue weighted by Crippen LogP contribution is -2.28. The van der Waals surface area contributed by atoms with Crippen LogP contribution in [0.15, 0.2) is 53.0 Å². The van der Waals surface area contributed by atoms with Crippen LogP contribution in [-0.4, -0.2) is 19.1 Å². The summed E-state index contributed by atoms with van der Waals surface area (Å²) in [5, 5.41) is 2.80. The van der Waals surface area contributed by atoms with Crippen LogP contribution in [0.1, 0.15) is 10.4 Å². The van der Waals surface area contributed by atoms with Crippen LogP contribution in [0, 0.1) is 0 Å². The Morgan fingerprint density at radius 3 is 2.40 bits per heavy atom. The first kappa shape index (κ1) is 14.4. The minimum absolute atomic E-state index is 0.113. The van der Waals surface area contributed by atoms with Crippen molar-refractivity contribution in [1.82, 2.24) is 5.32 Å². The number of carbonyl (C=O) groups is 1. The molecule has 0 heterocycles. The number of nitrogens with one attached hydrogen (secondary N) is 1. The number of nitrogen functional groups attached to an aromatic ring is 1. The molecule has 0 radical (unpaired) electrons. The summed E-state index contributed by atoms with van der Waals surface area (Å²) in [4.78, 5) is 11.8. The Balaban J connectivity index is 1.74. The van der Waals surface area contributed by atoms with E-state index in [4.69, 9.17) is 10.5 Å². The molecular weight excluding hydrogens is 320 g/mol. The van der Waals surface area contributed by atoms with E-state index in [1.807, 2.05) is 12.1 Å². The van der Waals surface area contributed by atoms with Crippen LogP contribution >= 0.6 is 15.9 Å². The fourth-order valence-corrected chi connectivity index (χ4v) is 1.87. The van der Waals surface area contributed by atoms with E-state index in [2.05, 4.69) is 21.2 Å². The summed E-state index contributed by atoms with van der Waals surface area (Å²) in [5.41, 5.74) is 6.90. The molecule has 0 atom stereocenters. The summed E-state index contributed by atoms with van der Waals surface area (Å²) in [6.07, 6.45) is 0. The van der Waals surface area contributed by atoms with Crippen LogP contribution in [0.4, 0.5) is 5.69 Å². The van der Waals surface area contributed by atoms with Crippen molar-refractivity contribution in [2.24, 2.45) is 0 Å². The number of ether oxygens (including phenoxy) is 1. The number of anilines is 1. The molecule has 0 unspecified atom stereocenters. The van der Waals surface area contributed by atoms with Gasteiger partial charge in [-0.25, -0.2) is 0 Å². The Kier molecular flexibility index (Phi) is 5.01. The molecule has 0 aromatic heterocycles. The van der Waals surface area contributed by atoms with E-state index in [0.717, 1.165) is 10.2 Å². The second-order valence-corrected chi connectivity index (χ2v) is 5.10. The summed E-state index contributed by atoms with van der Waals surface area (Å²) in [7, 11) is 0. The van der Waals surface area contributed by atoms with Gasteiger partial charge in [-0.2, -0.15) is 0 Å². The molecule has 20 heavy (non-hydrogen) atoms. The molecule has 0 spiro atoms. The number of rotatable bonds is 5. The Hall–Kier alpha value is -2.01. The third-order valence-electron chi connectivity index (χ3n) is 2.64. The Labute approximate surface area is 126 Å². The lowest BCUT2D eigenvalue weighted by atomic mass is 10.2. The number of benzene rings is 2. The Morgan fingerprint density at radius 1 is 1.10 bits per heavy atom. The van der Waals surface area contributed by atoms with Gasteiger partial charge >= 0.3 is 0 Å². The molecule has 2 rings (SSSR count). The van der Waals surface area contributed by atoms with Gasteiger partial charge in [0.2, 0.25) is 0 Å². The van der Waals surface area contributed by atoms with Crippen LogP contribution in [0.5, 0.6) is 5.75 Å². The quantitative estimate of drug-likeness (QED) is 0.652. The minimum Gasteiger partial charge on any atom is -0.492 e. The standard InChI is InChI=1S/C15H15BrN2O2/c16-12-3-1-11(2-4-12)15(19)18-9-10-20-14-7-5-13(17)6-8-14/h1-8H,9-10,17H2,(H,18,19). The lowest BCUT2D eigenvalue weighted by molar-refractivity contribution is 0.0947. The normalized spacial score (nSPS) is 10.1. The molecule has 4 nitrogen and oxygen atoms in total. The summed E-state index contributed by atoms with van der Waals surface area (Å²) < 4.78 is 6.43. The van der Waals surface area contributed by atoms with Gasteiger partial charge in [0.05, 0.1) is 6.54 Å². The van der Waals surface area contributed by atoms with Crippen molar-refractivity contribution in [1.29, 1.82) is 0 Å². The van der Waals surface area contributed by atoms with Gasteiger partial charge in [-0.15, -0.1) is 0 Å². The lowest BCUT2D eigenvalue weighted by Gasteiger charge is -2.08. The first-order valence-corrected chi connectivity index (χ1v) is 6.96. The van der Waals surface area contributed by atoms with Crippen molar-refractivity contribution in [3.05, 3.63) is 58.6 Å². The van der Waals surface area contributed by atoms with Gasteiger partial charge in [0.25, 0.3) is 5.91 Å². The molecule has 104 valence electrons. The van der Waals surface area contributed by atoms with E-state index >= 15 is 0 Å². The van der Waals surface area contributed by atoms with Crippen molar-refractivity contribution in [3.8, 4) is 5.75 Å². The highest BCUT2D eigenvalue weighted by Crippen LogP contribution is 2.13. The number of hydrogen-bond donors (Lipinski definition) is 2. The molecule has 2 aromatic rings. The topological polar surface area (TPSA) is 64.3 Å². The summed E-state index contributed by atoms with van der Waals surface area (Å²) >= 11 is 3.33. The third-order valence-corrected chi connectivity index (χ3v) is 3.17. The fraction of sp³-hybridized carbons (Fsp3) is 0.133. The van der Waals surface area contributed by atoms with E-state index in [0.29, 0.717) is 24.4 Å². The molecule has 0 aliphatic heterocycles. The van der Waals surface area contributed by atoms with Crippen molar-refractivity contribution in [2.45, 2.75) is 0 Å². The highest BCUT2D eigenvalue weighted by Gasteiger charge is 2.04. The zero-order valence-corrected chi connectivity index (χ0v) is 12.4. The van der Waals surface area contributed by atoms with Gasteiger partial charge in [-0.3, -0.25) is 4.79 Å². The molecule has 1 amide bonds. The number of amides is 1. The van der Waals surface area contributed by atoms with Crippen LogP contribution < -0.4 is 15.8 Å². The van der Waals surface area contributed by atoms with Gasteiger partial charge in [-0.1, -0.05) is 15.9 Å². The average molecular weight is 335 g/mol. The summed E-state index contributed by atoms with van der Waals surface area (Å²) in [5.74, 6) is 0.621. The second-order valence-electron chi connectivity index (χ2n) is 4.18. The van der Waals surface area contributed by atoms with E-state index in [-0.39, 0.29) is 5.91 Å². The maximum atomic E-state index is 11.8. The third kappa shape index (κ3) is 4.28. The Bertz CT molecular complexity index is 567. The molecule has 0 saturated heterocycles. The van der Waals surface area contributed by atoms with E-state index in [1.54, 1.807) is 36.4 Å². The first-order valence-electron chi connectivity index (χ1n) is 6.17. The molecule has 5 heteroatoms. The summed E-state index contributed by atoms with van der Waals surface area (Å²) in [6, 6.07) is 14.3. The molecular formula is C15H15BrN2O2. The number of halogens is 1. The smallest absolute Gasteiger partial charge is 0.251 e. The molecule has 0 saturated carbocycles. The zero-order valence-electron chi connectivity index (χ0n) is 10.8. The largest absolute Gasteiger partial charge is 0.492 e. The van der Waals surface area contributed by atoms with Crippen LogP contribution in [0.2, 0.25) is 0 Å². The highest BCUT2D eigenvalue weighted by atomic mass is 79.9. The predicted octanol–water partition coefficient (Wildman–Crippen LogP) is 2.84. The van der Waals surface area contributed by atoms with Gasteiger partial charge in [0, 0.05) is 15.7 Å². The van der Waals surface area contributed by atoms with E-state index in [1.165, 1.54) is 0 Å². The molecule has 2 aromatic carbocycles. The minimum atomic E-state index is -0.113. The van der Waals surface area contributed by atoms with Crippen molar-refractivity contribution in [3.63, 3.8) is 0 Å². The van der Waals surface area contributed by atoms with Crippen molar-refractivity contribution >= 4 is 27.5 Å². The zero-order chi connectivity index (χ0) is 14.4. The highest BCUT2D eigenvalue weighted by molar-refractivity contribution is 9.10. The van der Waals surface area contributed by atoms with Crippen LogP contribution in [0.3, 0.4) is 0 Å². The van der Waals surface area contributed by atoms with Gasteiger partial charge in [-0.05, 0) is 48.5 Å². The second kappa shape index (κ2) is 6.96. The van der Waals surface area contributed by atoms with E-state index < -0.39 is 0 Å². The molecule has 0 fully saturated rings. The average Bonchev–Trinajstić information content (AvgIpc) is 2.46. The molecule has 0 aliphatic rings. The van der Waals surface area contributed by atoms with Crippen LogP contribution in [0.25, 0.3) is 0 Å². The number of carbonyl (C=O) groups excluding carboxylic acids is 1. The Morgan fingerprint density at radius 2 is 1.75 bits per heavy atom. The van der Waals surface area contributed by atoms with Crippen LogP contribution in [-0.2, 0) is 0 Å². The maximum Gasteiger partial charge on any atom is 0.251 e. The molecule has 0 aliphatic carbocycles. The monoisotopic (exact) mass is 334 g/mol. The SMILES string of the molecule is Nc1ccc(OCCNC(=O)c2ccc(Br)cc2)cc1. The first-order chi connectivity index (χ1) is 9.65. The molecule has 0 bridgehead atoms. The number of nitrogens with two attached hydrogens (primary N) is 1.